The first-order chi connectivity index (χ1) is 15.1. The molecule has 10 heteroatoms. The van der Waals surface area contributed by atoms with Crippen LogP contribution >= 0.6 is 0 Å². The van der Waals surface area contributed by atoms with E-state index in [1.54, 1.807) is 19.6 Å². The molecule has 2 atom stereocenters. The highest BCUT2D eigenvalue weighted by Gasteiger charge is 2.58. The fraction of sp³-hybridized carbons (Fsp3) is 0.810. The summed E-state index contributed by atoms with van der Waals surface area (Å²) >= 11 is 0. The van der Waals surface area contributed by atoms with Crippen molar-refractivity contribution in [1.29, 1.82) is 0 Å². The van der Waals surface area contributed by atoms with E-state index in [1.807, 2.05) is 0 Å². The number of nitrogens with zero attached hydrogens (tertiary/aromatic N) is 4. The topological polar surface area (TPSA) is 99.7 Å². The Morgan fingerprint density at radius 2 is 1.29 bits per heavy atom. The third-order valence-electron chi connectivity index (χ3n) is 5.61. The second kappa shape index (κ2) is 13.3. The number of unbranched alkanes of at least 4 members (excludes halogenated alkanes) is 5. The minimum atomic E-state index is -0.501. The summed E-state index contributed by atoms with van der Waals surface area (Å²) in [5.41, 5.74) is 0. The van der Waals surface area contributed by atoms with E-state index < -0.39 is 12.3 Å². The molecule has 2 saturated heterocycles. The van der Waals surface area contributed by atoms with Crippen LogP contribution < -0.4 is 0 Å². The number of hydrogen-bond acceptors (Lipinski definition) is 6. The Bertz CT molecular complexity index is 604. The highest BCUT2D eigenvalue weighted by atomic mass is 16.5. The lowest BCUT2D eigenvalue weighted by molar-refractivity contribution is -0.108. The molecule has 10 nitrogen and oxygen atoms in total. The standard InChI is InChI=1S/C21H36N4O6/c1-3-4-15-31-17-25-19-18(23(21(25)29)12-8-6-10-14-27)22(11-7-5-9-13-26)20(28)24(19)16-30-2/h13-14,18-19H,3-12,15-17H2,1-2H3. The Balaban J connectivity index is 2.21. The van der Waals surface area contributed by atoms with Crippen LogP contribution in [0.3, 0.4) is 0 Å². The van der Waals surface area contributed by atoms with Gasteiger partial charge in [-0.15, -0.1) is 0 Å². The number of urea groups is 2. The van der Waals surface area contributed by atoms with E-state index in [4.69, 9.17) is 9.47 Å². The molecular weight excluding hydrogens is 404 g/mol. The Morgan fingerprint density at radius 3 is 1.77 bits per heavy atom. The second-order valence-corrected chi connectivity index (χ2v) is 7.85. The summed E-state index contributed by atoms with van der Waals surface area (Å²) in [5.74, 6) is 0. The molecule has 2 heterocycles. The number of aldehydes is 2. The summed E-state index contributed by atoms with van der Waals surface area (Å²) in [6.07, 6.45) is 6.31. The van der Waals surface area contributed by atoms with E-state index in [0.717, 1.165) is 25.4 Å². The highest BCUT2D eigenvalue weighted by molar-refractivity contribution is 5.85. The van der Waals surface area contributed by atoms with Gasteiger partial charge in [0, 0.05) is 39.6 Å². The Morgan fingerprint density at radius 1 is 0.774 bits per heavy atom. The van der Waals surface area contributed by atoms with Gasteiger partial charge in [-0.2, -0.15) is 0 Å². The minimum absolute atomic E-state index is 0.0720. The predicted octanol–water partition coefficient (Wildman–Crippen LogP) is 2.23. The fourth-order valence-electron chi connectivity index (χ4n) is 4.05. The van der Waals surface area contributed by atoms with Crippen molar-refractivity contribution < 1.29 is 28.7 Å². The molecule has 176 valence electrons. The van der Waals surface area contributed by atoms with Gasteiger partial charge in [-0.3, -0.25) is 19.6 Å². The molecule has 0 aliphatic carbocycles. The molecule has 0 spiro atoms. The monoisotopic (exact) mass is 440 g/mol. The van der Waals surface area contributed by atoms with Crippen molar-refractivity contribution in [2.24, 2.45) is 0 Å². The molecule has 0 aromatic carbocycles. The molecule has 4 amide bonds. The summed E-state index contributed by atoms with van der Waals surface area (Å²) in [7, 11) is 1.52. The van der Waals surface area contributed by atoms with Crippen molar-refractivity contribution >= 4 is 24.6 Å². The zero-order chi connectivity index (χ0) is 22.6. The van der Waals surface area contributed by atoms with Gasteiger partial charge in [0.2, 0.25) is 0 Å². The third-order valence-corrected chi connectivity index (χ3v) is 5.61. The Hall–Kier alpha value is -2.20. The van der Waals surface area contributed by atoms with Gasteiger partial charge in [-0.05, 0) is 32.1 Å². The summed E-state index contributed by atoms with van der Waals surface area (Å²) in [4.78, 5) is 54.3. The summed E-state index contributed by atoms with van der Waals surface area (Å²) < 4.78 is 11.0. The first-order valence-electron chi connectivity index (χ1n) is 11.2. The Labute approximate surface area is 184 Å². The number of amides is 4. The van der Waals surface area contributed by atoms with Crippen LogP contribution in [0.2, 0.25) is 0 Å². The van der Waals surface area contributed by atoms with E-state index in [9.17, 15) is 19.2 Å². The van der Waals surface area contributed by atoms with E-state index >= 15 is 0 Å². The molecule has 0 aromatic rings. The maximum absolute atomic E-state index is 13.3. The molecule has 0 aromatic heterocycles. The van der Waals surface area contributed by atoms with Crippen LogP contribution in [-0.4, -0.2) is 96.8 Å². The summed E-state index contributed by atoms with van der Waals surface area (Å²) in [6.45, 7) is 3.71. The first-order valence-corrected chi connectivity index (χ1v) is 11.2. The third kappa shape index (κ3) is 6.16. The van der Waals surface area contributed by atoms with Crippen molar-refractivity contribution in [2.75, 3.05) is 40.3 Å². The quantitative estimate of drug-likeness (QED) is 0.254. The predicted molar refractivity (Wildman–Crippen MR) is 113 cm³/mol. The van der Waals surface area contributed by atoms with Gasteiger partial charge in [-0.25, -0.2) is 9.59 Å². The van der Waals surface area contributed by atoms with Gasteiger partial charge >= 0.3 is 12.1 Å². The second-order valence-electron chi connectivity index (χ2n) is 7.85. The van der Waals surface area contributed by atoms with Crippen LogP contribution in [0.25, 0.3) is 0 Å². The number of methoxy groups -OCH3 is 1. The summed E-state index contributed by atoms with van der Waals surface area (Å²) in [5, 5.41) is 0. The van der Waals surface area contributed by atoms with Crippen LogP contribution in [0, 0.1) is 0 Å². The van der Waals surface area contributed by atoms with Crippen molar-refractivity contribution in [3.8, 4) is 0 Å². The van der Waals surface area contributed by atoms with Gasteiger partial charge in [-0.1, -0.05) is 13.3 Å². The molecule has 31 heavy (non-hydrogen) atoms. The SMILES string of the molecule is CCCCOCN1C(=O)N(CCCCC=O)C2C1N(COC)C(=O)N2CCCCC=O. The number of ether oxygens (including phenoxy) is 2. The molecule has 2 rings (SSSR count). The van der Waals surface area contributed by atoms with Crippen LogP contribution in [0.5, 0.6) is 0 Å². The smallest absolute Gasteiger partial charge is 0.325 e. The van der Waals surface area contributed by atoms with Crippen molar-refractivity contribution in [3.63, 3.8) is 0 Å². The van der Waals surface area contributed by atoms with E-state index in [-0.39, 0.29) is 25.5 Å². The normalized spacial score (nSPS) is 20.7. The molecule has 2 aliphatic heterocycles. The van der Waals surface area contributed by atoms with Crippen LogP contribution in [0.1, 0.15) is 58.3 Å². The maximum Gasteiger partial charge on any atom is 0.325 e. The lowest BCUT2D eigenvalue weighted by atomic mass is 10.2. The van der Waals surface area contributed by atoms with Gasteiger partial charge in [0.1, 0.15) is 32.2 Å². The molecule has 2 aliphatic rings. The van der Waals surface area contributed by atoms with Crippen molar-refractivity contribution in [1.82, 2.24) is 19.6 Å². The molecule has 0 radical (unpaired) electrons. The fourth-order valence-corrected chi connectivity index (χ4v) is 4.05. The lowest BCUT2D eigenvalue weighted by Crippen LogP contribution is -2.48. The van der Waals surface area contributed by atoms with Gasteiger partial charge in [0.05, 0.1) is 0 Å². The average molecular weight is 441 g/mol. The van der Waals surface area contributed by atoms with Crippen molar-refractivity contribution in [2.45, 2.75) is 70.6 Å². The number of carbonyl (C=O) groups is 4. The van der Waals surface area contributed by atoms with Crippen molar-refractivity contribution in [3.05, 3.63) is 0 Å². The van der Waals surface area contributed by atoms with E-state index in [1.165, 1.54) is 7.11 Å². The van der Waals surface area contributed by atoms with E-state index in [2.05, 4.69) is 6.92 Å². The molecular formula is C21H36N4O6. The largest absolute Gasteiger partial charge is 0.364 e. The van der Waals surface area contributed by atoms with Crippen LogP contribution in [0.15, 0.2) is 0 Å². The first kappa shape index (κ1) is 25.1. The highest BCUT2D eigenvalue weighted by Crippen LogP contribution is 2.35. The van der Waals surface area contributed by atoms with Crippen LogP contribution in [0.4, 0.5) is 9.59 Å². The number of hydrogen-bond donors (Lipinski definition) is 0. The zero-order valence-corrected chi connectivity index (χ0v) is 18.7. The lowest BCUT2D eigenvalue weighted by Gasteiger charge is -2.29. The average Bonchev–Trinajstić information content (AvgIpc) is 3.18. The number of fused-ring (bicyclic) bond motifs is 1. The van der Waals surface area contributed by atoms with Gasteiger partial charge in [0.15, 0.2) is 6.17 Å². The minimum Gasteiger partial charge on any atom is -0.364 e. The molecule has 0 N–H and O–H groups in total. The maximum atomic E-state index is 13.3. The van der Waals surface area contributed by atoms with E-state index in [0.29, 0.717) is 58.2 Å². The molecule has 2 fully saturated rings. The molecule has 2 unspecified atom stereocenters. The van der Waals surface area contributed by atoms with Gasteiger partial charge < -0.3 is 19.1 Å². The number of rotatable bonds is 17. The Kier molecular flexibility index (Phi) is 10.7. The number of carbonyl (C=O) groups excluding carboxylic acids is 4. The molecule has 0 saturated carbocycles. The molecule has 0 bridgehead atoms. The van der Waals surface area contributed by atoms with Crippen LogP contribution in [-0.2, 0) is 19.1 Å². The van der Waals surface area contributed by atoms with Gasteiger partial charge in [0.25, 0.3) is 0 Å². The summed E-state index contributed by atoms with van der Waals surface area (Å²) in [6, 6.07) is -0.365. The zero-order valence-electron chi connectivity index (χ0n) is 18.7.